The van der Waals surface area contributed by atoms with E-state index in [-0.39, 0.29) is 28.8 Å². The number of ether oxygens (including phenoxy) is 4. The molecule has 4 heterocycles. The number of rotatable bonds is 0. The van der Waals surface area contributed by atoms with Gasteiger partial charge in [-0.2, -0.15) is 0 Å². The molecular weight excluding hydrogens is 620 g/mol. The second kappa shape index (κ2) is 10.5. The molecule has 5 heteroatoms. The maximum absolute atomic E-state index is 10.9. The first kappa shape index (κ1) is 32.3. The first-order valence-electron chi connectivity index (χ1n) is 21.5. The quantitative estimate of drug-likeness (QED) is 0.295. The van der Waals surface area contributed by atoms with Gasteiger partial charge in [-0.3, -0.25) is 0 Å². The Morgan fingerprint density at radius 3 is 2.40 bits per heavy atom. The third kappa shape index (κ3) is 4.11. The summed E-state index contributed by atoms with van der Waals surface area (Å²) in [5, 5.41) is 10.9. The Bertz CT molecular complexity index is 1560. The highest BCUT2D eigenvalue weighted by atomic mass is 16.7. The lowest BCUT2D eigenvalue weighted by Gasteiger charge is -2.61. The van der Waals surface area contributed by atoms with Crippen molar-refractivity contribution in [3.63, 3.8) is 0 Å². The molecule has 2 spiro atoms. The van der Waals surface area contributed by atoms with E-state index in [4.69, 9.17) is 18.9 Å². The molecule has 7 unspecified atom stereocenters. The largest absolute Gasteiger partial charge is 0.462 e. The molecule has 17 atom stereocenters. The van der Waals surface area contributed by atoms with Crippen LogP contribution in [0, 0.1) is 63.6 Å². The van der Waals surface area contributed by atoms with Crippen molar-refractivity contribution < 1.29 is 24.1 Å². The summed E-state index contributed by atoms with van der Waals surface area (Å²) < 4.78 is 28.0. The fourth-order valence-corrected chi connectivity index (χ4v) is 16.3. The number of aryl methyl sites for hydroxylation is 1. The lowest BCUT2D eigenvalue weighted by atomic mass is 9.47. The van der Waals surface area contributed by atoms with Crippen LogP contribution in [0.2, 0.25) is 0 Å². The molecule has 1 aromatic carbocycles. The van der Waals surface area contributed by atoms with E-state index in [9.17, 15) is 5.11 Å². The first-order valence-corrected chi connectivity index (χ1v) is 21.5. The van der Waals surface area contributed by atoms with E-state index >= 15 is 0 Å². The summed E-state index contributed by atoms with van der Waals surface area (Å²) in [7, 11) is 0. The second-order valence-electron chi connectivity index (χ2n) is 21.0. The van der Waals surface area contributed by atoms with Crippen molar-refractivity contribution in [2.24, 2.45) is 63.6 Å². The van der Waals surface area contributed by atoms with Crippen LogP contribution in [0.1, 0.15) is 147 Å². The highest BCUT2D eigenvalue weighted by molar-refractivity contribution is 5.49. The van der Waals surface area contributed by atoms with Gasteiger partial charge in [0.15, 0.2) is 5.79 Å². The molecule has 1 aromatic rings. The van der Waals surface area contributed by atoms with Crippen molar-refractivity contribution in [3.05, 3.63) is 28.8 Å². The van der Waals surface area contributed by atoms with Crippen molar-refractivity contribution in [3.8, 4) is 5.75 Å². The Labute approximate surface area is 301 Å². The number of fused-ring (bicyclic) bond motifs is 13. The number of aliphatic hydroxyl groups excluding tert-OH is 1. The van der Waals surface area contributed by atoms with Gasteiger partial charge in [-0.05, 0) is 164 Å². The fraction of sp³-hybridized carbons (Fsp3) is 0.867. The van der Waals surface area contributed by atoms with E-state index in [0.29, 0.717) is 41.1 Å². The lowest BCUT2D eigenvalue weighted by Crippen LogP contribution is -2.60. The molecule has 50 heavy (non-hydrogen) atoms. The minimum atomic E-state index is -0.480. The van der Waals surface area contributed by atoms with E-state index in [1.54, 1.807) is 5.56 Å². The van der Waals surface area contributed by atoms with Crippen LogP contribution >= 0.6 is 0 Å². The smallest absolute Gasteiger partial charge is 0.215 e. The van der Waals surface area contributed by atoms with Gasteiger partial charge in [0.05, 0.1) is 24.9 Å². The van der Waals surface area contributed by atoms with Gasteiger partial charge >= 0.3 is 0 Å². The normalized spacial score (nSPS) is 57.2. The summed E-state index contributed by atoms with van der Waals surface area (Å²) in [6.07, 6.45) is 19.5. The van der Waals surface area contributed by atoms with Crippen LogP contribution < -0.4 is 4.74 Å². The number of benzene rings is 1. The van der Waals surface area contributed by atoms with Gasteiger partial charge in [0.1, 0.15) is 5.75 Å². The van der Waals surface area contributed by atoms with Crippen molar-refractivity contribution in [1.29, 1.82) is 0 Å². The molecule has 5 saturated carbocycles. The van der Waals surface area contributed by atoms with E-state index in [1.807, 2.05) is 0 Å². The predicted octanol–water partition coefficient (Wildman–Crippen LogP) is 9.36. The molecule has 0 radical (unpaired) electrons. The van der Waals surface area contributed by atoms with Gasteiger partial charge in [0.25, 0.3) is 0 Å². The van der Waals surface area contributed by atoms with Crippen molar-refractivity contribution >= 4 is 0 Å². The third-order valence-electron chi connectivity index (χ3n) is 19.1. The number of hydrogen-bond acceptors (Lipinski definition) is 5. The van der Waals surface area contributed by atoms with Crippen LogP contribution in [0.3, 0.4) is 0 Å². The fourth-order valence-electron chi connectivity index (χ4n) is 16.3. The molecule has 4 aliphatic heterocycles. The van der Waals surface area contributed by atoms with Crippen LogP contribution in [-0.4, -0.2) is 41.6 Å². The average Bonchev–Trinajstić information content (AvgIpc) is 3.78. The zero-order valence-electron chi connectivity index (χ0n) is 31.7. The van der Waals surface area contributed by atoms with E-state index < -0.39 is 5.79 Å². The van der Waals surface area contributed by atoms with Gasteiger partial charge < -0.3 is 24.1 Å². The first-order chi connectivity index (χ1) is 24.0. The molecule has 0 bridgehead atoms. The van der Waals surface area contributed by atoms with Gasteiger partial charge in [0.2, 0.25) is 5.79 Å². The SMILES string of the molecule is CC1CC[C@@]2(OC1)O[C@H]1CC3C4CC[C@H]5O[C@]6(CC[C@]5(C)C4CC[C@]3(C)[C@H]1[C@@H]2C)Cc1cc2c(cc1O6)CCC1C2CC[C@@]2(C)C1CC[C@@H]2O. The topological polar surface area (TPSA) is 57.2 Å². The van der Waals surface area contributed by atoms with Gasteiger partial charge in [-0.25, -0.2) is 0 Å². The van der Waals surface area contributed by atoms with Gasteiger partial charge in [-0.1, -0.05) is 40.7 Å². The number of aliphatic hydroxyl groups is 1. The van der Waals surface area contributed by atoms with Crippen LogP contribution in [0.5, 0.6) is 5.75 Å². The molecular formula is C45H64O5. The predicted molar refractivity (Wildman–Crippen MR) is 193 cm³/mol. The standard InChI is InChI=1S/C45H64O5/c1-25-12-17-45(47-24-25)26(2)40-37(49-45)22-35-31-8-11-39-42(4,34(31)14-16-43(35,40)5)18-19-44(50-39)23-28-20-32-27(21-36(28)48-44)6-7-30-29(32)13-15-41(3)33(30)9-10-38(41)46/h20-21,25-26,29-31,33-35,37-40,46H,6-19,22-24H2,1-5H3/t25?,26-,29?,30?,31?,33?,34?,35?,37-,38-,39+,40-,41-,42+,43-,44+,45+/m0/s1. The Hall–Kier alpha value is -1.14. The molecule has 274 valence electrons. The van der Waals surface area contributed by atoms with Crippen LogP contribution in [-0.2, 0) is 27.1 Å². The molecule has 10 aliphatic rings. The summed E-state index contributed by atoms with van der Waals surface area (Å²) >= 11 is 0. The van der Waals surface area contributed by atoms with E-state index in [0.717, 1.165) is 68.1 Å². The minimum absolute atomic E-state index is 0.103. The molecule has 3 saturated heterocycles. The molecule has 6 aliphatic carbocycles. The van der Waals surface area contributed by atoms with Crippen molar-refractivity contribution in [2.75, 3.05) is 6.61 Å². The van der Waals surface area contributed by atoms with Gasteiger partial charge in [0, 0.05) is 30.7 Å². The Morgan fingerprint density at radius 2 is 1.56 bits per heavy atom. The molecule has 1 N–H and O–H groups in total. The monoisotopic (exact) mass is 684 g/mol. The zero-order valence-corrected chi connectivity index (χ0v) is 31.7. The molecule has 5 nitrogen and oxygen atoms in total. The van der Waals surface area contributed by atoms with Crippen molar-refractivity contribution in [2.45, 2.75) is 173 Å². The van der Waals surface area contributed by atoms with Crippen LogP contribution in [0.25, 0.3) is 0 Å². The third-order valence-corrected chi connectivity index (χ3v) is 19.1. The second-order valence-corrected chi connectivity index (χ2v) is 21.0. The highest BCUT2D eigenvalue weighted by Crippen LogP contribution is 2.71. The Morgan fingerprint density at radius 1 is 0.720 bits per heavy atom. The lowest BCUT2D eigenvalue weighted by molar-refractivity contribution is -0.292. The summed E-state index contributed by atoms with van der Waals surface area (Å²) in [4.78, 5) is 0. The molecule has 0 aromatic heterocycles. The van der Waals surface area contributed by atoms with Crippen LogP contribution in [0.15, 0.2) is 12.1 Å². The summed E-state index contributed by atoms with van der Waals surface area (Å²) in [5.41, 5.74) is 5.28. The van der Waals surface area contributed by atoms with Crippen molar-refractivity contribution in [1.82, 2.24) is 0 Å². The molecule has 0 amide bonds. The average molecular weight is 685 g/mol. The molecule has 8 fully saturated rings. The zero-order chi connectivity index (χ0) is 34.0. The molecule has 11 rings (SSSR count). The Kier molecular flexibility index (Phi) is 6.81. The summed E-state index contributed by atoms with van der Waals surface area (Å²) in [6.45, 7) is 13.3. The van der Waals surface area contributed by atoms with E-state index in [1.165, 1.54) is 81.8 Å². The van der Waals surface area contributed by atoms with Crippen LogP contribution in [0.4, 0.5) is 0 Å². The highest BCUT2D eigenvalue weighted by Gasteiger charge is 2.70. The maximum Gasteiger partial charge on any atom is 0.215 e. The summed E-state index contributed by atoms with van der Waals surface area (Å²) in [6, 6.07) is 5.01. The Balaban J connectivity index is 0.805. The maximum atomic E-state index is 10.9. The van der Waals surface area contributed by atoms with Gasteiger partial charge in [-0.15, -0.1) is 0 Å². The minimum Gasteiger partial charge on any atom is -0.462 e. The summed E-state index contributed by atoms with van der Waals surface area (Å²) in [5.74, 6) is 6.45. The van der Waals surface area contributed by atoms with E-state index in [2.05, 4.69) is 46.8 Å². The number of hydrogen-bond donors (Lipinski definition) is 1.